The lowest BCUT2D eigenvalue weighted by atomic mass is 10.1. The Morgan fingerprint density at radius 1 is 1.41 bits per heavy atom. The molecular weight excluding hydrogens is 348 g/mol. The predicted octanol–water partition coefficient (Wildman–Crippen LogP) is 2.75. The number of amides is 1. The molecule has 144 valence electrons. The third-order valence-electron chi connectivity index (χ3n) is 4.96. The van der Waals surface area contributed by atoms with E-state index >= 15 is 0 Å². The summed E-state index contributed by atoms with van der Waals surface area (Å²) in [6, 6.07) is 7.16. The van der Waals surface area contributed by atoms with Crippen molar-refractivity contribution in [2.24, 2.45) is 0 Å². The van der Waals surface area contributed by atoms with Crippen LogP contribution >= 0.6 is 0 Å². The van der Waals surface area contributed by atoms with E-state index in [0.29, 0.717) is 23.5 Å². The van der Waals surface area contributed by atoms with Gasteiger partial charge in [-0.15, -0.1) is 0 Å². The van der Waals surface area contributed by atoms with Crippen LogP contribution in [0.2, 0.25) is 0 Å². The summed E-state index contributed by atoms with van der Waals surface area (Å²) in [6.07, 6.45) is 2.08. The molecule has 1 fully saturated rings. The molecule has 2 unspecified atom stereocenters. The second-order valence-corrected chi connectivity index (χ2v) is 6.94. The average Bonchev–Trinajstić information content (AvgIpc) is 3.24. The van der Waals surface area contributed by atoms with Gasteiger partial charge >= 0.3 is 5.69 Å². The number of ether oxygens (including phenoxy) is 1. The minimum Gasteiger partial charge on any atom is -0.376 e. The quantitative estimate of drug-likeness (QED) is 0.621. The fraction of sp³-hybridized carbons (Fsp3) is 0.474. The van der Waals surface area contributed by atoms with Gasteiger partial charge < -0.3 is 10.1 Å². The molecule has 8 heteroatoms. The fourth-order valence-corrected chi connectivity index (χ4v) is 3.42. The molecule has 0 bridgehead atoms. The first-order valence-electron chi connectivity index (χ1n) is 9.06. The maximum Gasteiger partial charge on any atom is 0.312 e. The Hall–Kier alpha value is -2.74. The van der Waals surface area contributed by atoms with Crippen molar-refractivity contribution >= 4 is 11.6 Å². The Morgan fingerprint density at radius 2 is 2.11 bits per heavy atom. The van der Waals surface area contributed by atoms with Gasteiger partial charge in [0, 0.05) is 12.2 Å². The minimum atomic E-state index is -0.406. The molecule has 27 heavy (non-hydrogen) atoms. The molecule has 0 spiro atoms. The maximum atomic E-state index is 12.4. The van der Waals surface area contributed by atoms with Gasteiger partial charge in [-0.1, -0.05) is 12.1 Å². The summed E-state index contributed by atoms with van der Waals surface area (Å²) >= 11 is 0. The molecular formula is C19H24N4O4. The van der Waals surface area contributed by atoms with Gasteiger partial charge in [0.05, 0.1) is 23.6 Å². The van der Waals surface area contributed by atoms with Crippen LogP contribution in [0.1, 0.15) is 47.1 Å². The highest BCUT2D eigenvalue weighted by molar-refractivity contribution is 5.94. The summed E-state index contributed by atoms with van der Waals surface area (Å²) < 4.78 is 7.22. The van der Waals surface area contributed by atoms with Gasteiger partial charge in [-0.25, -0.2) is 0 Å². The van der Waals surface area contributed by atoms with Crippen LogP contribution in [0.5, 0.6) is 0 Å². The lowest BCUT2D eigenvalue weighted by Gasteiger charge is -2.20. The molecule has 0 radical (unpaired) electrons. The van der Waals surface area contributed by atoms with Gasteiger partial charge in [0.25, 0.3) is 5.91 Å². The van der Waals surface area contributed by atoms with E-state index in [1.165, 1.54) is 0 Å². The highest BCUT2D eigenvalue weighted by Crippen LogP contribution is 2.22. The Bertz CT molecular complexity index is 838. The van der Waals surface area contributed by atoms with Crippen LogP contribution in [-0.2, 0) is 11.3 Å². The summed E-state index contributed by atoms with van der Waals surface area (Å²) in [5.41, 5.74) is 2.46. The molecule has 1 N–H and O–H groups in total. The van der Waals surface area contributed by atoms with Crippen LogP contribution in [0.3, 0.4) is 0 Å². The number of carbonyl (C=O) groups is 1. The Kier molecular flexibility index (Phi) is 5.55. The number of nitrogens with zero attached hydrogens (tertiary/aromatic N) is 3. The summed E-state index contributed by atoms with van der Waals surface area (Å²) in [7, 11) is 0. The molecule has 0 saturated carbocycles. The zero-order valence-electron chi connectivity index (χ0n) is 15.8. The molecule has 2 aromatic rings. The standard InChI is InChI=1S/C19H24N4O4/c1-12(17-5-4-10-27-17)20-19(24)16-8-6-15(7-9-16)11-22-14(3)18(23(25)26)13(2)21-22/h6-9,12,17H,4-5,10-11H2,1-3H3,(H,20,24). The van der Waals surface area contributed by atoms with E-state index in [4.69, 9.17) is 4.74 Å². The summed E-state index contributed by atoms with van der Waals surface area (Å²) in [6.45, 7) is 6.44. The molecule has 1 amide bonds. The first-order valence-corrected chi connectivity index (χ1v) is 9.06. The third kappa shape index (κ3) is 4.16. The van der Waals surface area contributed by atoms with Gasteiger partial charge in [0.2, 0.25) is 0 Å². The number of hydrogen-bond donors (Lipinski definition) is 1. The Balaban J connectivity index is 1.66. The Labute approximate surface area is 157 Å². The van der Waals surface area contributed by atoms with E-state index in [-0.39, 0.29) is 23.7 Å². The number of nitrogens with one attached hydrogen (secondary N) is 1. The summed E-state index contributed by atoms with van der Waals surface area (Å²) in [4.78, 5) is 23.1. The fourth-order valence-electron chi connectivity index (χ4n) is 3.42. The van der Waals surface area contributed by atoms with Crippen LogP contribution in [0.15, 0.2) is 24.3 Å². The number of rotatable bonds is 6. The molecule has 1 aromatic heterocycles. The summed E-state index contributed by atoms with van der Waals surface area (Å²) in [5, 5.41) is 18.3. The number of nitro groups is 1. The average molecular weight is 372 g/mol. The molecule has 1 aromatic carbocycles. The minimum absolute atomic E-state index is 0.0325. The van der Waals surface area contributed by atoms with Crippen LogP contribution in [0.25, 0.3) is 0 Å². The molecule has 8 nitrogen and oxygen atoms in total. The Morgan fingerprint density at radius 3 is 2.67 bits per heavy atom. The number of aromatic nitrogens is 2. The lowest BCUT2D eigenvalue weighted by Crippen LogP contribution is -2.40. The molecule has 0 aliphatic carbocycles. The van der Waals surface area contributed by atoms with Gasteiger partial charge in [0.15, 0.2) is 0 Å². The SMILES string of the molecule is Cc1nn(Cc2ccc(C(=O)NC(C)C3CCCO3)cc2)c(C)c1[N+](=O)[O-]. The highest BCUT2D eigenvalue weighted by Gasteiger charge is 2.24. The van der Waals surface area contributed by atoms with Crippen molar-refractivity contribution in [2.75, 3.05) is 6.61 Å². The van der Waals surface area contributed by atoms with E-state index in [9.17, 15) is 14.9 Å². The largest absolute Gasteiger partial charge is 0.376 e. The van der Waals surface area contributed by atoms with Crippen LogP contribution in [0, 0.1) is 24.0 Å². The smallest absolute Gasteiger partial charge is 0.312 e. The van der Waals surface area contributed by atoms with Crippen molar-refractivity contribution in [3.05, 3.63) is 56.9 Å². The first-order chi connectivity index (χ1) is 12.9. The van der Waals surface area contributed by atoms with Crippen molar-refractivity contribution in [3.63, 3.8) is 0 Å². The maximum absolute atomic E-state index is 12.4. The highest BCUT2D eigenvalue weighted by atomic mass is 16.6. The van der Waals surface area contributed by atoms with Gasteiger partial charge in [-0.2, -0.15) is 5.10 Å². The molecule has 3 rings (SSSR count). The molecule has 1 aliphatic rings. The van der Waals surface area contributed by atoms with Crippen molar-refractivity contribution in [3.8, 4) is 0 Å². The third-order valence-corrected chi connectivity index (χ3v) is 4.96. The van der Waals surface area contributed by atoms with Crippen molar-refractivity contribution < 1.29 is 14.5 Å². The topological polar surface area (TPSA) is 99.3 Å². The summed E-state index contributed by atoms with van der Waals surface area (Å²) in [5.74, 6) is -0.133. The molecule has 1 aliphatic heterocycles. The zero-order chi connectivity index (χ0) is 19.6. The normalized spacial score (nSPS) is 17.7. The van der Waals surface area contributed by atoms with Crippen LogP contribution < -0.4 is 5.32 Å². The lowest BCUT2D eigenvalue weighted by molar-refractivity contribution is -0.386. The van der Waals surface area contributed by atoms with Gasteiger partial charge in [0.1, 0.15) is 11.4 Å². The second kappa shape index (κ2) is 7.87. The second-order valence-electron chi connectivity index (χ2n) is 6.94. The molecule has 2 heterocycles. The monoisotopic (exact) mass is 372 g/mol. The predicted molar refractivity (Wildman–Crippen MR) is 99.8 cm³/mol. The van der Waals surface area contributed by atoms with E-state index in [1.54, 1.807) is 30.7 Å². The number of carbonyl (C=O) groups excluding carboxylic acids is 1. The van der Waals surface area contributed by atoms with E-state index in [2.05, 4.69) is 10.4 Å². The van der Waals surface area contributed by atoms with Gasteiger partial charge in [-0.3, -0.25) is 19.6 Å². The van der Waals surface area contributed by atoms with Crippen molar-refractivity contribution in [2.45, 2.75) is 52.3 Å². The van der Waals surface area contributed by atoms with Crippen LogP contribution in [-0.4, -0.2) is 39.4 Å². The van der Waals surface area contributed by atoms with Crippen LogP contribution in [0.4, 0.5) is 5.69 Å². The van der Waals surface area contributed by atoms with Crippen molar-refractivity contribution in [1.29, 1.82) is 0 Å². The van der Waals surface area contributed by atoms with Crippen molar-refractivity contribution in [1.82, 2.24) is 15.1 Å². The molecule has 1 saturated heterocycles. The van der Waals surface area contributed by atoms with E-state index in [1.807, 2.05) is 19.1 Å². The van der Waals surface area contributed by atoms with E-state index < -0.39 is 4.92 Å². The van der Waals surface area contributed by atoms with E-state index in [0.717, 1.165) is 25.0 Å². The van der Waals surface area contributed by atoms with Gasteiger partial charge in [-0.05, 0) is 51.3 Å². The number of hydrogen-bond acceptors (Lipinski definition) is 5. The zero-order valence-corrected chi connectivity index (χ0v) is 15.8. The first kappa shape index (κ1) is 19.0. The number of benzene rings is 1. The number of aryl methyl sites for hydroxylation is 1. The molecule has 2 atom stereocenters.